The van der Waals surface area contributed by atoms with E-state index >= 15 is 0 Å². The molecule has 0 unspecified atom stereocenters. The molecule has 1 heterocycles. The smallest absolute Gasteiger partial charge is 0.225 e. The standard InChI is InChI=1S/C18H21NO4/c1-3-23-15-8-7-11(9-16(15)22-2)12-10-17(21)19-13-5-4-6-14(20)18(12)13/h7-9,12H,3-6,10H2,1-2H3,(H,19,21)/t12-/m1/s1. The summed E-state index contributed by atoms with van der Waals surface area (Å²) in [5.41, 5.74) is 2.49. The Kier molecular flexibility index (Phi) is 4.37. The van der Waals surface area contributed by atoms with E-state index in [1.807, 2.05) is 25.1 Å². The third-order valence-corrected chi connectivity index (χ3v) is 4.37. The molecule has 5 nitrogen and oxygen atoms in total. The SMILES string of the molecule is CCOc1ccc([C@H]2CC(=O)NC3=C2C(=O)CCC3)cc1OC. The fourth-order valence-electron chi connectivity index (χ4n) is 3.36. The summed E-state index contributed by atoms with van der Waals surface area (Å²) >= 11 is 0. The molecule has 0 aromatic heterocycles. The van der Waals surface area contributed by atoms with Crippen LogP contribution in [0.5, 0.6) is 11.5 Å². The number of methoxy groups -OCH3 is 1. The number of hydrogen-bond acceptors (Lipinski definition) is 4. The van der Waals surface area contributed by atoms with Crippen LogP contribution in [0.2, 0.25) is 0 Å². The Morgan fingerprint density at radius 3 is 2.78 bits per heavy atom. The van der Waals surface area contributed by atoms with Gasteiger partial charge in [0.15, 0.2) is 17.3 Å². The molecule has 0 spiro atoms. The van der Waals surface area contributed by atoms with Crippen LogP contribution in [0, 0.1) is 0 Å². The van der Waals surface area contributed by atoms with E-state index < -0.39 is 0 Å². The molecule has 1 atom stereocenters. The highest BCUT2D eigenvalue weighted by Crippen LogP contribution is 2.40. The summed E-state index contributed by atoms with van der Waals surface area (Å²) in [4.78, 5) is 24.4. The lowest BCUT2D eigenvalue weighted by atomic mass is 9.78. The Morgan fingerprint density at radius 2 is 2.04 bits per heavy atom. The van der Waals surface area contributed by atoms with Crippen molar-refractivity contribution >= 4 is 11.7 Å². The van der Waals surface area contributed by atoms with Gasteiger partial charge < -0.3 is 14.8 Å². The highest BCUT2D eigenvalue weighted by Gasteiger charge is 2.35. The first-order valence-corrected chi connectivity index (χ1v) is 8.00. The Hall–Kier alpha value is -2.30. The lowest BCUT2D eigenvalue weighted by molar-refractivity contribution is -0.122. The molecular formula is C18H21NO4. The molecule has 0 radical (unpaired) electrons. The quantitative estimate of drug-likeness (QED) is 0.928. The van der Waals surface area contributed by atoms with Crippen molar-refractivity contribution in [2.45, 2.75) is 38.5 Å². The van der Waals surface area contributed by atoms with Crippen LogP contribution in [0.3, 0.4) is 0 Å². The first-order valence-electron chi connectivity index (χ1n) is 8.00. The molecule has 5 heteroatoms. The molecule has 0 saturated carbocycles. The second kappa shape index (κ2) is 6.44. The molecule has 1 N–H and O–H groups in total. The number of amides is 1. The van der Waals surface area contributed by atoms with E-state index in [1.165, 1.54) is 0 Å². The zero-order valence-corrected chi connectivity index (χ0v) is 13.5. The van der Waals surface area contributed by atoms with Crippen LogP contribution in [-0.4, -0.2) is 25.4 Å². The van der Waals surface area contributed by atoms with Gasteiger partial charge in [-0.05, 0) is 37.5 Å². The molecule has 1 aliphatic carbocycles. The largest absolute Gasteiger partial charge is 0.493 e. The molecule has 0 saturated heterocycles. The van der Waals surface area contributed by atoms with Crippen molar-refractivity contribution in [3.8, 4) is 11.5 Å². The Labute approximate surface area is 135 Å². The number of ether oxygens (including phenoxy) is 2. The monoisotopic (exact) mass is 315 g/mol. The third kappa shape index (κ3) is 2.96. The van der Waals surface area contributed by atoms with Crippen LogP contribution in [0.15, 0.2) is 29.5 Å². The number of nitrogens with one attached hydrogen (secondary N) is 1. The van der Waals surface area contributed by atoms with Gasteiger partial charge >= 0.3 is 0 Å². The zero-order chi connectivity index (χ0) is 16.4. The lowest BCUT2D eigenvalue weighted by Crippen LogP contribution is -2.36. The number of carbonyl (C=O) groups is 2. The normalized spacial score (nSPS) is 20.9. The summed E-state index contributed by atoms with van der Waals surface area (Å²) in [5, 5.41) is 2.87. The topological polar surface area (TPSA) is 64.6 Å². The maximum absolute atomic E-state index is 12.4. The van der Waals surface area contributed by atoms with Gasteiger partial charge in [-0.2, -0.15) is 0 Å². The van der Waals surface area contributed by atoms with Gasteiger partial charge in [0.05, 0.1) is 13.7 Å². The number of rotatable bonds is 4. The van der Waals surface area contributed by atoms with Crippen LogP contribution in [0.4, 0.5) is 0 Å². The average Bonchev–Trinajstić information content (AvgIpc) is 2.54. The number of hydrogen-bond donors (Lipinski definition) is 1. The van der Waals surface area contributed by atoms with Crippen LogP contribution in [0.25, 0.3) is 0 Å². The summed E-state index contributed by atoms with van der Waals surface area (Å²) in [6.07, 6.45) is 2.41. The Bertz CT molecular complexity index is 678. The summed E-state index contributed by atoms with van der Waals surface area (Å²) < 4.78 is 10.9. The van der Waals surface area contributed by atoms with E-state index in [4.69, 9.17) is 9.47 Å². The van der Waals surface area contributed by atoms with Gasteiger partial charge in [0.2, 0.25) is 5.91 Å². The minimum absolute atomic E-state index is 0.0312. The van der Waals surface area contributed by atoms with E-state index in [1.54, 1.807) is 7.11 Å². The van der Waals surface area contributed by atoms with Crippen molar-refractivity contribution < 1.29 is 19.1 Å². The van der Waals surface area contributed by atoms with Crippen molar-refractivity contribution in [2.24, 2.45) is 0 Å². The second-order valence-electron chi connectivity index (χ2n) is 5.82. The van der Waals surface area contributed by atoms with Gasteiger partial charge in [-0.25, -0.2) is 0 Å². The highest BCUT2D eigenvalue weighted by atomic mass is 16.5. The van der Waals surface area contributed by atoms with Gasteiger partial charge in [0.25, 0.3) is 0 Å². The molecule has 1 amide bonds. The Morgan fingerprint density at radius 1 is 1.22 bits per heavy atom. The molecule has 0 bridgehead atoms. The summed E-state index contributed by atoms with van der Waals surface area (Å²) in [5.74, 6) is 1.21. The molecule has 122 valence electrons. The van der Waals surface area contributed by atoms with Crippen molar-refractivity contribution in [3.63, 3.8) is 0 Å². The first-order chi connectivity index (χ1) is 11.1. The predicted octanol–water partition coefficient (Wildman–Crippen LogP) is 2.70. The van der Waals surface area contributed by atoms with Crippen LogP contribution >= 0.6 is 0 Å². The molecular weight excluding hydrogens is 294 g/mol. The lowest BCUT2D eigenvalue weighted by Gasteiger charge is -2.31. The maximum Gasteiger partial charge on any atom is 0.225 e. The minimum Gasteiger partial charge on any atom is -0.493 e. The number of allylic oxidation sites excluding steroid dienone is 2. The molecule has 23 heavy (non-hydrogen) atoms. The van der Waals surface area contributed by atoms with Crippen molar-refractivity contribution in [1.29, 1.82) is 0 Å². The highest BCUT2D eigenvalue weighted by molar-refractivity contribution is 6.01. The zero-order valence-electron chi connectivity index (χ0n) is 13.5. The van der Waals surface area contributed by atoms with Crippen molar-refractivity contribution in [2.75, 3.05) is 13.7 Å². The van der Waals surface area contributed by atoms with E-state index in [0.29, 0.717) is 30.9 Å². The fraction of sp³-hybridized carbons (Fsp3) is 0.444. The Balaban J connectivity index is 2.02. The van der Waals surface area contributed by atoms with Gasteiger partial charge in [-0.3, -0.25) is 9.59 Å². The average molecular weight is 315 g/mol. The fourth-order valence-corrected chi connectivity index (χ4v) is 3.36. The van der Waals surface area contributed by atoms with Crippen molar-refractivity contribution in [3.05, 3.63) is 35.0 Å². The summed E-state index contributed by atoms with van der Waals surface area (Å²) in [6, 6.07) is 5.64. The van der Waals surface area contributed by atoms with Crippen LogP contribution in [-0.2, 0) is 9.59 Å². The number of carbonyl (C=O) groups excluding carboxylic acids is 2. The molecule has 2 aliphatic rings. The molecule has 1 aromatic rings. The third-order valence-electron chi connectivity index (χ3n) is 4.37. The molecule has 0 fully saturated rings. The van der Waals surface area contributed by atoms with Gasteiger partial charge in [-0.1, -0.05) is 6.07 Å². The van der Waals surface area contributed by atoms with Crippen LogP contribution < -0.4 is 14.8 Å². The minimum atomic E-state index is -0.198. The van der Waals surface area contributed by atoms with E-state index in [-0.39, 0.29) is 17.6 Å². The van der Waals surface area contributed by atoms with E-state index in [2.05, 4.69) is 5.32 Å². The van der Waals surface area contributed by atoms with Gasteiger partial charge in [0.1, 0.15) is 0 Å². The van der Waals surface area contributed by atoms with Gasteiger partial charge in [0, 0.05) is 30.0 Å². The van der Waals surface area contributed by atoms with Gasteiger partial charge in [-0.15, -0.1) is 0 Å². The maximum atomic E-state index is 12.4. The number of ketones is 1. The van der Waals surface area contributed by atoms with Crippen molar-refractivity contribution in [1.82, 2.24) is 5.32 Å². The summed E-state index contributed by atoms with van der Waals surface area (Å²) in [6.45, 7) is 2.46. The number of benzene rings is 1. The second-order valence-corrected chi connectivity index (χ2v) is 5.82. The molecule has 1 aromatic carbocycles. The first kappa shape index (κ1) is 15.6. The molecule has 3 rings (SSSR count). The van der Waals surface area contributed by atoms with Crippen LogP contribution in [0.1, 0.15) is 44.1 Å². The summed E-state index contributed by atoms with van der Waals surface area (Å²) in [7, 11) is 1.59. The van der Waals surface area contributed by atoms with E-state index in [0.717, 1.165) is 29.7 Å². The predicted molar refractivity (Wildman–Crippen MR) is 85.5 cm³/mol. The molecule has 1 aliphatic heterocycles. The van der Waals surface area contributed by atoms with E-state index in [9.17, 15) is 9.59 Å². The number of Topliss-reactive ketones (excluding diaryl/α,β-unsaturated/α-hetero) is 1.